The second kappa shape index (κ2) is 12.6. The fourth-order valence-electron chi connectivity index (χ4n) is 6.96. The Bertz CT molecular complexity index is 2970. The molecule has 0 spiro atoms. The lowest BCUT2D eigenvalue weighted by molar-refractivity contribution is 0.0910. The lowest BCUT2D eigenvalue weighted by Gasteiger charge is -2.16. The third-order valence-electron chi connectivity index (χ3n) is 9.76. The number of fused-ring (bicyclic) bond motifs is 4. The third-order valence-corrected chi connectivity index (χ3v) is 9.76. The van der Waals surface area contributed by atoms with E-state index in [1.165, 1.54) is 24.3 Å². The summed E-state index contributed by atoms with van der Waals surface area (Å²) in [5.74, 6) is -1.29. The maximum Gasteiger partial charge on any atom is 0.347 e. The summed E-state index contributed by atoms with van der Waals surface area (Å²) < 4.78 is 16.8. The lowest BCUT2D eigenvalue weighted by Crippen LogP contribution is -2.29. The molecule has 13 heteroatoms. The molecule has 4 amide bonds. The van der Waals surface area contributed by atoms with E-state index in [-0.39, 0.29) is 34.0 Å². The molecule has 2 aliphatic rings. The van der Waals surface area contributed by atoms with Gasteiger partial charge in [-0.25, -0.2) is 29.4 Å². The first-order valence-electron chi connectivity index (χ1n) is 17.5. The van der Waals surface area contributed by atoms with Crippen molar-refractivity contribution in [1.82, 2.24) is 9.97 Å². The smallest absolute Gasteiger partial charge is 0.347 e. The van der Waals surface area contributed by atoms with Crippen LogP contribution in [0.4, 0.5) is 11.4 Å². The zero-order valence-corrected chi connectivity index (χ0v) is 29.2. The summed E-state index contributed by atoms with van der Waals surface area (Å²) in [5.41, 5.74) is 1.81. The van der Waals surface area contributed by atoms with Crippen LogP contribution < -0.4 is 25.8 Å². The van der Waals surface area contributed by atoms with Crippen LogP contribution in [-0.4, -0.2) is 33.6 Å². The van der Waals surface area contributed by atoms with Crippen LogP contribution in [0.2, 0.25) is 0 Å². The molecular formula is C44H22N4O9. The van der Waals surface area contributed by atoms with Gasteiger partial charge in [0, 0.05) is 11.1 Å². The van der Waals surface area contributed by atoms with Crippen LogP contribution in [0.5, 0.6) is 11.5 Å². The van der Waals surface area contributed by atoms with Crippen LogP contribution >= 0.6 is 0 Å². The fraction of sp³-hybridized carbons (Fsp3) is 0. The number of anilines is 2. The Morgan fingerprint density at radius 1 is 0.421 bits per heavy atom. The SMILES string of the molecule is O=C1c2ccc(-c3nc4ccccc4c(=O)o3)cc2C(=O)N1c1ccc(Oc2ccc(N3C(=O)c4ccc(-c5nc6ccccc6c(=O)o5)cc4C3=O)cc2)cc1. The van der Waals surface area contributed by atoms with E-state index in [9.17, 15) is 28.8 Å². The summed E-state index contributed by atoms with van der Waals surface area (Å²) in [6, 6.07) is 35.3. The van der Waals surface area contributed by atoms with Gasteiger partial charge in [0.25, 0.3) is 23.6 Å². The zero-order valence-electron chi connectivity index (χ0n) is 29.2. The molecule has 0 bridgehead atoms. The molecule has 0 aliphatic carbocycles. The van der Waals surface area contributed by atoms with Crippen molar-refractivity contribution in [3.8, 4) is 34.4 Å². The Morgan fingerprint density at radius 2 is 0.807 bits per heavy atom. The molecule has 0 N–H and O–H groups in total. The van der Waals surface area contributed by atoms with Crippen LogP contribution in [0, 0.1) is 0 Å². The molecule has 8 aromatic rings. The van der Waals surface area contributed by atoms with Gasteiger partial charge in [-0.05, 0) is 109 Å². The number of ether oxygens (including phenoxy) is 1. The number of hydrogen-bond acceptors (Lipinski definition) is 11. The number of imide groups is 2. The number of carbonyl (C=O) groups excluding carboxylic acids is 4. The maximum atomic E-state index is 13.5. The van der Waals surface area contributed by atoms with Crippen LogP contribution in [0.25, 0.3) is 44.7 Å². The Labute approximate surface area is 319 Å². The van der Waals surface area contributed by atoms with Crippen molar-refractivity contribution in [3.05, 3.63) is 177 Å². The molecule has 0 saturated carbocycles. The average Bonchev–Trinajstić information content (AvgIpc) is 3.64. The molecule has 0 atom stereocenters. The van der Waals surface area contributed by atoms with E-state index in [1.807, 2.05) is 0 Å². The van der Waals surface area contributed by atoms with Crippen molar-refractivity contribution >= 4 is 56.8 Å². The number of para-hydroxylation sites is 2. The number of amides is 4. The van der Waals surface area contributed by atoms with Gasteiger partial charge in [-0.2, -0.15) is 0 Å². The predicted molar refractivity (Wildman–Crippen MR) is 207 cm³/mol. The standard InChI is InChI=1S/C44H22N4O9/c49-39-29-19-9-23(37-45-35-7-3-1-5-31(35)43(53)56-37)21-33(29)41(51)47(39)25-11-15-27(16-12-25)55-28-17-13-26(14-18-28)48-40(50)30-20-10-24(22-34(30)42(48)52)38-46-36-8-4-2-6-32(36)44(54)57-38/h1-22H. The highest BCUT2D eigenvalue weighted by atomic mass is 16.5. The molecule has 0 radical (unpaired) electrons. The van der Waals surface area contributed by atoms with E-state index in [1.54, 1.807) is 109 Å². The Morgan fingerprint density at radius 3 is 1.23 bits per heavy atom. The number of rotatable bonds is 6. The number of carbonyl (C=O) groups is 4. The Hall–Kier alpha value is -8.32. The first-order valence-corrected chi connectivity index (χ1v) is 17.5. The van der Waals surface area contributed by atoms with Gasteiger partial charge in [0.05, 0.1) is 55.4 Å². The third kappa shape index (κ3) is 5.40. The highest BCUT2D eigenvalue weighted by molar-refractivity contribution is 6.35. The highest BCUT2D eigenvalue weighted by Gasteiger charge is 2.38. The topological polar surface area (TPSA) is 170 Å². The molecule has 10 rings (SSSR count). The first kappa shape index (κ1) is 33.3. The molecule has 2 aromatic heterocycles. The lowest BCUT2D eigenvalue weighted by atomic mass is 10.1. The second-order valence-electron chi connectivity index (χ2n) is 13.1. The summed E-state index contributed by atoms with van der Waals surface area (Å²) >= 11 is 0. The van der Waals surface area contributed by atoms with E-state index in [2.05, 4.69) is 9.97 Å². The monoisotopic (exact) mass is 750 g/mol. The number of nitrogens with zero attached hydrogens (tertiary/aromatic N) is 4. The molecule has 2 aliphatic heterocycles. The van der Waals surface area contributed by atoms with E-state index in [4.69, 9.17) is 13.6 Å². The maximum absolute atomic E-state index is 13.5. The van der Waals surface area contributed by atoms with Gasteiger partial charge in [-0.1, -0.05) is 24.3 Å². The van der Waals surface area contributed by atoms with Gasteiger partial charge in [-0.15, -0.1) is 0 Å². The van der Waals surface area contributed by atoms with E-state index < -0.39 is 34.9 Å². The summed E-state index contributed by atoms with van der Waals surface area (Å²) in [4.78, 5) is 89.8. The molecule has 272 valence electrons. The van der Waals surface area contributed by atoms with E-state index in [0.29, 0.717) is 55.8 Å². The van der Waals surface area contributed by atoms with Crippen molar-refractivity contribution in [2.75, 3.05) is 9.80 Å². The van der Waals surface area contributed by atoms with Crippen molar-refractivity contribution in [2.45, 2.75) is 0 Å². The predicted octanol–water partition coefficient (Wildman–Crippen LogP) is 7.42. The quantitative estimate of drug-likeness (QED) is 0.155. The molecule has 0 saturated heterocycles. The summed E-state index contributed by atoms with van der Waals surface area (Å²) in [5, 5.41) is 0.660. The summed E-state index contributed by atoms with van der Waals surface area (Å²) in [6.07, 6.45) is 0. The Balaban J connectivity index is 0.841. The molecular weight excluding hydrogens is 729 g/mol. The van der Waals surface area contributed by atoms with Crippen LogP contribution in [0.1, 0.15) is 41.4 Å². The summed E-state index contributed by atoms with van der Waals surface area (Å²) in [6.45, 7) is 0. The number of benzene rings is 6. The molecule has 57 heavy (non-hydrogen) atoms. The Kier molecular flexibility index (Phi) is 7.37. The normalized spacial score (nSPS) is 13.5. The van der Waals surface area contributed by atoms with Crippen LogP contribution in [0.3, 0.4) is 0 Å². The molecule has 4 heterocycles. The first-order chi connectivity index (χ1) is 27.7. The van der Waals surface area contributed by atoms with Crippen molar-refractivity contribution in [3.63, 3.8) is 0 Å². The van der Waals surface area contributed by atoms with Gasteiger partial charge >= 0.3 is 11.3 Å². The van der Waals surface area contributed by atoms with Crippen molar-refractivity contribution in [2.24, 2.45) is 0 Å². The van der Waals surface area contributed by atoms with Gasteiger partial charge in [0.1, 0.15) is 11.5 Å². The molecule has 0 fully saturated rings. The van der Waals surface area contributed by atoms with E-state index in [0.717, 1.165) is 9.80 Å². The summed E-state index contributed by atoms with van der Waals surface area (Å²) in [7, 11) is 0. The zero-order chi connectivity index (χ0) is 38.9. The highest BCUT2D eigenvalue weighted by Crippen LogP contribution is 2.35. The number of aromatic nitrogens is 2. The van der Waals surface area contributed by atoms with Crippen molar-refractivity contribution < 1.29 is 32.7 Å². The molecule has 0 unspecified atom stereocenters. The van der Waals surface area contributed by atoms with Gasteiger partial charge in [0.15, 0.2) is 0 Å². The fourth-order valence-corrected chi connectivity index (χ4v) is 6.96. The molecule has 6 aromatic carbocycles. The average molecular weight is 751 g/mol. The van der Waals surface area contributed by atoms with Crippen LogP contribution in [-0.2, 0) is 0 Å². The minimum Gasteiger partial charge on any atom is -0.457 e. The van der Waals surface area contributed by atoms with Gasteiger partial charge in [0.2, 0.25) is 11.8 Å². The minimum atomic E-state index is -0.564. The van der Waals surface area contributed by atoms with E-state index >= 15 is 0 Å². The number of hydrogen-bond donors (Lipinski definition) is 0. The molecule has 13 nitrogen and oxygen atoms in total. The minimum absolute atomic E-state index is 0.0278. The van der Waals surface area contributed by atoms with Gasteiger partial charge in [-0.3, -0.25) is 19.2 Å². The van der Waals surface area contributed by atoms with Crippen molar-refractivity contribution in [1.29, 1.82) is 0 Å². The van der Waals surface area contributed by atoms with Gasteiger partial charge < -0.3 is 13.6 Å². The second-order valence-corrected chi connectivity index (χ2v) is 13.1. The largest absolute Gasteiger partial charge is 0.457 e. The van der Waals surface area contributed by atoms with Crippen LogP contribution in [0.15, 0.2) is 152 Å².